The number of aliphatic hydroxyl groups excluding tert-OH is 1. The Morgan fingerprint density at radius 3 is 2.80 bits per heavy atom. The van der Waals surface area contributed by atoms with Crippen LogP contribution in [0, 0.1) is 0 Å². The van der Waals surface area contributed by atoms with Gasteiger partial charge in [-0.2, -0.15) is 0 Å². The van der Waals surface area contributed by atoms with Gasteiger partial charge >= 0.3 is 0 Å². The minimum atomic E-state index is -0.707. The lowest BCUT2D eigenvalue weighted by atomic mass is 10.4. The summed E-state index contributed by atoms with van der Waals surface area (Å²) in [6.07, 6.45) is 2.61. The van der Waals surface area contributed by atoms with Gasteiger partial charge in [0, 0.05) is 22.8 Å². The lowest BCUT2D eigenvalue weighted by Crippen LogP contribution is -2.16. The fourth-order valence-electron chi connectivity index (χ4n) is 1.21. The Kier molecular flexibility index (Phi) is 5.60. The number of hydrogen-bond donors (Lipinski definition) is 2. The van der Waals surface area contributed by atoms with E-state index < -0.39 is 10.8 Å². The number of nitrogens with one attached hydrogen (secondary N) is 1. The molecule has 1 rings (SSSR count). The van der Waals surface area contributed by atoms with Crippen LogP contribution in [0.3, 0.4) is 0 Å². The second-order valence-corrected chi connectivity index (χ2v) is 4.89. The highest BCUT2D eigenvalue weighted by Crippen LogP contribution is 2.06. The maximum atomic E-state index is 10.8. The Morgan fingerprint density at radius 2 is 2.20 bits per heavy atom. The minimum absolute atomic E-state index is 0.0607. The molecule has 0 spiro atoms. The van der Waals surface area contributed by atoms with Crippen molar-refractivity contribution in [2.75, 3.05) is 18.6 Å². The molecule has 2 N–H and O–H groups in total. The monoisotopic (exact) mass is 231 g/mol. The summed E-state index contributed by atoms with van der Waals surface area (Å²) in [5.74, 6) is 2.13. The van der Waals surface area contributed by atoms with Crippen LogP contribution >= 0.6 is 0 Å². The first-order valence-electron chi connectivity index (χ1n) is 4.91. The first-order valence-corrected chi connectivity index (χ1v) is 6.64. The molecule has 15 heavy (non-hydrogen) atoms. The molecule has 5 heteroatoms. The third-order valence-corrected chi connectivity index (χ3v) is 2.82. The van der Waals surface area contributed by atoms with Crippen molar-refractivity contribution in [2.45, 2.75) is 19.6 Å². The molecule has 0 amide bonds. The Bertz CT molecular complexity index is 311. The van der Waals surface area contributed by atoms with Gasteiger partial charge in [0.25, 0.3) is 0 Å². The highest BCUT2D eigenvalue weighted by Gasteiger charge is 2.00. The van der Waals surface area contributed by atoms with E-state index in [1.54, 1.807) is 12.3 Å². The second kappa shape index (κ2) is 6.76. The molecule has 1 unspecified atom stereocenters. The van der Waals surface area contributed by atoms with Gasteiger partial charge in [0.2, 0.25) is 0 Å². The molecule has 1 heterocycles. The first kappa shape index (κ1) is 12.4. The third-order valence-electron chi connectivity index (χ3n) is 1.96. The van der Waals surface area contributed by atoms with Crippen LogP contribution in [0.25, 0.3) is 0 Å². The van der Waals surface area contributed by atoms with Crippen molar-refractivity contribution in [1.29, 1.82) is 0 Å². The summed E-state index contributed by atoms with van der Waals surface area (Å²) in [7, 11) is -0.707. The molecule has 0 fully saturated rings. The van der Waals surface area contributed by atoms with Crippen LogP contribution in [0.2, 0.25) is 0 Å². The molecule has 0 aliphatic carbocycles. The Labute approximate surface area is 92.1 Å². The van der Waals surface area contributed by atoms with Crippen LogP contribution < -0.4 is 5.32 Å². The van der Waals surface area contributed by atoms with E-state index >= 15 is 0 Å². The number of aliphatic hydroxyl groups is 1. The molecule has 0 aliphatic heterocycles. The molecule has 86 valence electrons. The van der Waals surface area contributed by atoms with Crippen molar-refractivity contribution in [3.05, 3.63) is 23.7 Å². The van der Waals surface area contributed by atoms with Crippen LogP contribution in [0.5, 0.6) is 0 Å². The van der Waals surface area contributed by atoms with Crippen molar-refractivity contribution in [2.24, 2.45) is 0 Å². The minimum Gasteiger partial charge on any atom is -0.462 e. The van der Waals surface area contributed by atoms with E-state index in [1.807, 2.05) is 6.07 Å². The highest BCUT2D eigenvalue weighted by atomic mass is 32.2. The average molecular weight is 231 g/mol. The molecule has 0 aliphatic rings. The largest absolute Gasteiger partial charge is 0.462 e. The van der Waals surface area contributed by atoms with Crippen molar-refractivity contribution < 1.29 is 13.7 Å². The van der Waals surface area contributed by atoms with Crippen LogP contribution in [-0.4, -0.2) is 27.9 Å². The predicted octanol–water partition coefficient (Wildman–Crippen LogP) is 0.630. The van der Waals surface area contributed by atoms with Gasteiger partial charge in [0.1, 0.15) is 18.1 Å². The smallest absolute Gasteiger partial charge is 0.129 e. The van der Waals surface area contributed by atoms with Crippen molar-refractivity contribution in [3.8, 4) is 0 Å². The average Bonchev–Trinajstić information content (AvgIpc) is 2.65. The molecule has 4 nitrogen and oxygen atoms in total. The number of rotatable bonds is 7. The Morgan fingerprint density at radius 1 is 1.47 bits per heavy atom. The van der Waals surface area contributed by atoms with Gasteiger partial charge in [0.15, 0.2) is 0 Å². The predicted molar refractivity (Wildman–Crippen MR) is 59.9 cm³/mol. The summed E-state index contributed by atoms with van der Waals surface area (Å²) >= 11 is 0. The highest BCUT2D eigenvalue weighted by molar-refractivity contribution is 7.84. The fourth-order valence-corrected chi connectivity index (χ4v) is 1.77. The van der Waals surface area contributed by atoms with Crippen LogP contribution in [0.15, 0.2) is 16.5 Å². The van der Waals surface area contributed by atoms with Gasteiger partial charge in [0.05, 0.1) is 6.54 Å². The third kappa shape index (κ3) is 5.11. The van der Waals surface area contributed by atoms with Gasteiger partial charge in [-0.25, -0.2) is 0 Å². The molecule has 1 atom stereocenters. The Balaban J connectivity index is 2.12. The van der Waals surface area contributed by atoms with E-state index in [4.69, 9.17) is 9.52 Å². The summed E-state index contributed by atoms with van der Waals surface area (Å²) in [6, 6.07) is 3.61. The summed E-state index contributed by atoms with van der Waals surface area (Å²) in [5.41, 5.74) is 0. The van der Waals surface area contributed by atoms with Gasteiger partial charge in [-0.1, -0.05) is 0 Å². The summed E-state index contributed by atoms with van der Waals surface area (Å²) in [6.45, 7) is 1.42. The zero-order chi connectivity index (χ0) is 11.1. The fraction of sp³-hybridized carbons (Fsp3) is 0.600. The van der Waals surface area contributed by atoms with Crippen LogP contribution in [-0.2, 0) is 24.0 Å². The van der Waals surface area contributed by atoms with E-state index in [9.17, 15) is 4.21 Å². The van der Waals surface area contributed by atoms with Gasteiger partial charge < -0.3 is 14.8 Å². The van der Waals surface area contributed by atoms with Crippen LogP contribution in [0.4, 0.5) is 0 Å². The normalized spacial score (nSPS) is 12.9. The molecular weight excluding hydrogens is 214 g/mol. The lowest BCUT2D eigenvalue weighted by molar-refractivity contribution is 0.243. The van der Waals surface area contributed by atoms with E-state index in [1.165, 1.54) is 0 Å². The lowest BCUT2D eigenvalue weighted by Gasteiger charge is -2.01. The van der Waals surface area contributed by atoms with Crippen molar-refractivity contribution in [3.63, 3.8) is 0 Å². The van der Waals surface area contributed by atoms with Crippen LogP contribution in [0.1, 0.15) is 17.9 Å². The summed E-state index contributed by atoms with van der Waals surface area (Å²) in [5, 5.41) is 12.0. The zero-order valence-electron chi connectivity index (χ0n) is 8.86. The van der Waals surface area contributed by atoms with Crippen molar-refractivity contribution in [1.82, 2.24) is 5.32 Å². The molecule has 0 saturated heterocycles. The molecule has 0 aromatic carbocycles. The molecule has 0 radical (unpaired) electrons. The molecule has 0 bridgehead atoms. The zero-order valence-corrected chi connectivity index (χ0v) is 9.68. The number of furan rings is 1. The Hall–Kier alpha value is -0.650. The van der Waals surface area contributed by atoms with Gasteiger partial charge in [-0.15, -0.1) is 0 Å². The van der Waals surface area contributed by atoms with E-state index in [0.29, 0.717) is 12.3 Å². The standard InChI is InChI=1S/C10H17NO3S/c1-15(13)6-2-5-11-7-9-3-4-10(8-12)14-9/h3-4,11-12H,2,5-8H2,1H3. The maximum absolute atomic E-state index is 10.8. The number of hydrogen-bond acceptors (Lipinski definition) is 4. The van der Waals surface area contributed by atoms with E-state index in [-0.39, 0.29) is 6.61 Å². The first-order chi connectivity index (χ1) is 7.22. The molecule has 1 aromatic rings. The topological polar surface area (TPSA) is 62.5 Å². The van der Waals surface area contributed by atoms with Gasteiger partial charge in [-0.05, 0) is 25.1 Å². The molecular formula is C10H17NO3S. The summed E-state index contributed by atoms with van der Waals surface area (Å²) in [4.78, 5) is 0. The van der Waals surface area contributed by atoms with Gasteiger partial charge in [-0.3, -0.25) is 4.21 Å². The molecule has 0 saturated carbocycles. The van der Waals surface area contributed by atoms with Crippen molar-refractivity contribution >= 4 is 10.8 Å². The SMILES string of the molecule is CS(=O)CCCNCc1ccc(CO)o1. The summed E-state index contributed by atoms with van der Waals surface area (Å²) < 4.78 is 16.0. The maximum Gasteiger partial charge on any atom is 0.129 e. The molecule has 1 aromatic heterocycles. The second-order valence-electron chi connectivity index (χ2n) is 3.33. The van der Waals surface area contributed by atoms with E-state index in [2.05, 4.69) is 5.32 Å². The quantitative estimate of drug-likeness (QED) is 0.676. The van der Waals surface area contributed by atoms with E-state index in [0.717, 1.165) is 24.5 Å².